The van der Waals surface area contributed by atoms with Crippen molar-refractivity contribution in [2.24, 2.45) is 11.8 Å². The zero-order chi connectivity index (χ0) is 13.5. The van der Waals surface area contributed by atoms with Gasteiger partial charge in [0.05, 0.1) is 0 Å². The van der Waals surface area contributed by atoms with E-state index < -0.39 is 0 Å². The highest BCUT2D eigenvalue weighted by molar-refractivity contribution is 7.98. The van der Waals surface area contributed by atoms with E-state index >= 15 is 0 Å². The van der Waals surface area contributed by atoms with Crippen LogP contribution in [-0.2, 0) is 0 Å². The van der Waals surface area contributed by atoms with E-state index in [1.54, 1.807) is 0 Å². The van der Waals surface area contributed by atoms with Crippen molar-refractivity contribution in [3.63, 3.8) is 0 Å². The maximum absolute atomic E-state index is 3.76. The lowest BCUT2D eigenvalue weighted by Crippen LogP contribution is -2.60. The quantitative estimate of drug-likeness (QED) is 0.717. The van der Waals surface area contributed by atoms with Crippen LogP contribution in [0, 0.1) is 11.8 Å². The summed E-state index contributed by atoms with van der Waals surface area (Å²) in [6, 6.07) is 1.42. The van der Waals surface area contributed by atoms with Gasteiger partial charge in [0.2, 0.25) is 0 Å². The zero-order valence-corrected chi connectivity index (χ0v) is 13.7. The van der Waals surface area contributed by atoms with Gasteiger partial charge in [-0.1, -0.05) is 34.1 Å². The second kappa shape index (κ2) is 8.44. The van der Waals surface area contributed by atoms with Crippen LogP contribution in [0.15, 0.2) is 0 Å². The highest BCUT2D eigenvalue weighted by Gasteiger charge is 2.31. The predicted octanol–water partition coefficient (Wildman–Crippen LogP) is 3.08. The number of hydrogen-bond acceptors (Lipinski definition) is 3. The molecule has 3 atom stereocenters. The SMILES string of the molecule is CCC(C)C1CNC(C(C)C)CN1CCCSC. The lowest BCUT2D eigenvalue weighted by molar-refractivity contribution is 0.0794. The minimum Gasteiger partial charge on any atom is -0.311 e. The van der Waals surface area contributed by atoms with Crippen molar-refractivity contribution in [1.82, 2.24) is 10.2 Å². The maximum Gasteiger partial charge on any atom is 0.0246 e. The minimum absolute atomic E-state index is 0.680. The molecule has 0 aromatic carbocycles. The summed E-state index contributed by atoms with van der Waals surface area (Å²) < 4.78 is 0. The van der Waals surface area contributed by atoms with Crippen LogP contribution < -0.4 is 5.32 Å². The Hall–Kier alpha value is 0.270. The van der Waals surface area contributed by atoms with Crippen molar-refractivity contribution in [3.8, 4) is 0 Å². The lowest BCUT2D eigenvalue weighted by atomic mass is 9.91. The lowest BCUT2D eigenvalue weighted by Gasteiger charge is -2.44. The number of rotatable bonds is 7. The molecular formula is C15H32N2S. The van der Waals surface area contributed by atoms with Gasteiger partial charge in [-0.15, -0.1) is 0 Å². The van der Waals surface area contributed by atoms with Crippen LogP contribution in [0.2, 0.25) is 0 Å². The van der Waals surface area contributed by atoms with Crippen LogP contribution in [0.1, 0.15) is 40.5 Å². The van der Waals surface area contributed by atoms with E-state index in [1.165, 1.54) is 38.2 Å². The Morgan fingerprint density at radius 3 is 2.61 bits per heavy atom. The third-order valence-electron chi connectivity index (χ3n) is 4.39. The van der Waals surface area contributed by atoms with Crippen LogP contribution in [0.3, 0.4) is 0 Å². The van der Waals surface area contributed by atoms with Crippen LogP contribution in [-0.4, -0.2) is 48.6 Å². The summed E-state index contributed by atoms with van der Waals surface area (Å²) in [5.41, 5.74) is 0. The third-order valence-corrected chi connectivity index (χ3v) is 5.09. The van der Waals surface area contributed by atoms with Gasteiger partial charge in [0.15, 0.2) is 0 Å². The molecule has 3 heteroatoms. The average Bonchev–Trinajstić information content (AvgIpc) is 2.38. The molecule has 1 fully saturated rings. The maximum atomic E-state index is 3.76. The molecule has 1 N–H and O–H groups in total. The molecule has 0 spiro atoms. The monoisotopic (exact) mass is 272 g/mol. The van der Waals surface area contributed by atoms with Crippen molar-refractivity contribution in [2.45, 2.75) is 52.6 Å². The number of thioether (sulfide) groups is 1. The van der Waals surface area contributed by atoms with Gasteiger partial charge in [0.1, 0.15) is 0 Å². The van der Waals surface area contributed by atoms with E-state index in [0.717, 1.165) is 17.9 Å². The minimum atomic E-state index is 0.680. The molecule has 0 aromatic rings. The molecule has 3 unspecified atom stereocenters. The first kappa shape index (κ1) is 16.3. The zero-order valence-electron chi connectivity index (χ0n) is 12.9. The van der Waals surface area contributed by atoms with Gasteiger partial charge in [-0.05, 0) is 36.8 Å². The van der Waals surface area contributed by atoms with Crippen molar-refractivity contribution < 1.29 is 0 Å². The summed E-state index contributed by atoms with van der Waals surface area (Å²) in [5.74, 6) is 2.84. The molecule has 1 aliphatic heterocycles. The number of hydrogen-bond donors (Lipinski definition) is 1. The largest absolute Gasteiger partial charge is 0.311 e. The van der Waals surface area contributed by atoms with Crippen LogP contribution in [0.5, 0.6) is 0 Å². The predicted molar refractivity (Wildman–Crippen MR) is 84.4 cm³/mol. The molecule has 18 heavy (non-hydrogen) atoms. The van der Waals surface area contributed by atoms with Crippen molar-refractivity contribution in [1.29, 1.82) is 0 Å². The van der Waals surface area contributed by atoms with Crippen molar-refractivity contribution in [2.75, 3.05) is 31.6 Å². The van der Waals surface area contributed by atoms with Gasteiger partial charge in [0, 0.05) is 25.2 Å². The van der Waals surface area contributed by atoms with Gasteiger partial charge in [-0.25, -0.2) is 0 Å². The standard InChI is InChI=1S/C15H32N2S/c1-6-13(4)15-10-16-14(12(2)3)11-17(15)8-7-9-18-5/h12-16H,6-11H2,1-5H3. The normalized spacial score (nSPS) is 27.7. The Morgan fingerprint density at radius 1 is 1.33 bits per heavy atom. The number of nitrogens with one attached hydrogen (secondary N) is 1. The summed E-state index contributed by atoms with van der Waals surface area (Å²) in [6.07, 6.45) is 4.83. The Kier molecular flexibility index (Phi) is 7.66. The van der Waals surface area contributed by atoms with E-state index in [-0.39, 0.29) is 0 Å². The van der Waals surface area contributed by atoms with E-state index in [1.807, 2.05) is 11.8 Å². The Morgan fingerprint density at radius 2 is 2.06 bits per heavy atom. The third kappa shape index (κ3) is 4.75. The molecule has 1 aliphatic rings. The highest BCUT2D eigenvalue weighted by Crippen LogP contribution is 2.21. The van der Waals surface area contributed by atoms with Gasteiger partial charge in [0.25, 0.3) is 0 Å². The molecule has 1 rings (SSSR count). The Bertz CT molecular complexity index is 221. The topological polar surface area (TPSA) is 15.3 Å². The molecular weight excluding hydrogens is 240 g/mol. The van der Waals surface area contributed by atoms with Gasteiger partial charge in [-0.2, -0.15) is 11.8 Å². The second-order valence-corrected chi connectivity index (χ2v) is 7.04. The molecule has 0 bridgehead atoms. The van der Waals surface area contributed by atoms with Crippen LogP contribution in [0.25, 0.3) is 0 Å². The highest BCUT2D eigenvalue weighted by atomic mass is 32.2. The van der Waals surface area contributed by atoms with Gasteiger partial charge in [-0.3, -0.25) is 4.90 Å². The fraction of sp³-hybridized carbons (Fsp3) is 1.00. The van der Waals surface area contributed by atoms with Gasteiger partial charge < -0.3 is 5.32 Å². The fourth-order valence-corrected chi connectivity index (χ4v) is 3.22. The molecule has 1 saturated heterocycles. The van der Waals surface area contributed by atoms with E-state index in [2.05, 4.69) is 44.2 Å². The summed E-state index contributed by atoms with van der Waals surface area (Å²) in [5, 5.41) is 3.76. The molecule has 108 valence electrons. The number of nitrogens with zero attached hydrogens (tertiary/aromatic N) is 1. The average molecular weight is 273 g/mol. The summed E-state index contributed by atoms with van der Waals surface area (Å²) in [6.45, 7) is 13.1. The molecule has 2 nitrogen and oxygen atoms in total. The van der Waals surface area contributed by atoms with E-state index in [4.69, 9.17) is 0 Å². The number of piperazine rings is 1. The van der Waals surface area contributed by atoms with Crippen molar-refractivity contribution >= 4 is 11.8 Å². The van der Waals surface area contributed by atoms with E-state index in [0.29, 0.717) is 6.04 Å². The summed E-state index contributed by atoms with van der Waals surface area (Å²) in [4.78, 5) is 2.76. The first-order chi connectivity index (χ1) is 8.60. The van der Waals surface area contributed by atoms with Crippen LogP contribution in [0.4, 0.5) is 0 Å². The fourth-order valence-electron chi connectivity index (χ4n) is 2.80. The van der Waals surface area contributed by atoms with E-state index in [9.17, 15) is 0 Å². The molecule has 0 saturated carbocycles. The summed E-state index contributed by atoms with van der Waals surface area (Å²) in [7, 11) is 0. The smallest absolute Gasteiger partial charge is 0.0246 e. The first-order valence-corrected chi connectivity index (χ1v) is 8.95. The summed E-state index contributed by atoms with van der Waals surface area (Å²) >= 11 is 1.97. The van der Waals surface area contributed by atoms with Crippen molar-refractivity contribution in [3.05, 3.63) is 0 Å². The van der Waals surface area contributed by atoms with Gasteiger partial charge >= 0.3 is 0 Å². The molecule has 0 aromatic heterocycles. The van der Waals surface area contributed by atoms with Crippen LogP contribution >= 0.6 is 11.8 Å². The molecule has 0 amide bonds. The molecule has 0 aliphatic carbocycles. The molecule has 0 radical (unpaired) electrons. The Labute approximate surface area is 118 Å². The second-order valence-electron chi connectivity index (χ2n) is 6.05. The first-order valence-electron chi connectivity index (χ1n) is 7.56. The molecule has 1 heterocycles. The Balaban J connectivity index is 2.55.